The Balaban J connectivity index is 1.98. The van der Waals surface area contributed by atoms with Gasteiger partial charge in [0.25, 0.3) is 0 Å². The second-order valence-corrected chi connectivity index (χ2v) is 5.59. The third-order valence-electron chi connectivity index (χ3n) is 3.68. The summed E-state index contributed by atoms with van der Waals surface area (Å²) in [6, 6.07) is 17.2. The quantitative estimate of drug-likeness (QED) is 0.288. The number of rotatable bonds is 9. The summed E-state index contributed by atoms with van der Waals surface area (Å²) >= 11 is 0. The Bertz CT molecular complexity index is 799. The third-order valence-corrected chi connectivity index (χ3v) is 3.68. The molecule has 0 saturated carbocycles. The second kappa shape index (κ2) is 10.4. The summed E-state index contributed by atoms with van der Waals surface area (Å²) in [4.78, 5) is 17.8. The van der Waals surface area contributed by atoms with Crippen LogP contribution in [0.15, 0.2) is 70.9 Å². The van der Waals surface area contributed by atoms with Crippen LogP contribution in [0.25, 0.3) is 20.9 Å². The van der Waals surface area contributed by atoms with E-state index in [1.54, 1.807) is 0 Å². The van der Waals surface area contributed by atoms with Crippen molar-refractivity contribution in [2.45, 2.75) is 24.9 Å². The first-order valence-corrected chi connectivity index (χ1v) is 8.06. The highest BCUT2D eigenvalue weighted by atomic mass is 16.5. The minimum Gasteiger partial charge on any atom is -0.465 e. The fourth-order valence-electron chi connectivity index (χ4n) is 2.44. The Morgan fingerprint density at radius 2 is 1.42 bits per heavy atom. The number of carbonyl (C=O) groups excluding carboxylic acids is 1. The van der Waals surface area contributed by atoms with Gasteiger partial charge in [-0.1, -0.05) is 70.9 Å². The molecule has 0 amide bonds. The molecule has 8 heteroatoms. The van der Waals surface area contributed by atoms with E-state index < -0.39 is 18.1 Å². The standard InChI is InChI=1S/C18H18N6O2/c19-23-21-16(11-14-7-3-1-4-8-14)13-26-18(25)17(22-24-20)12-15-9-5-2-6-10-15/h1-10,16-17H,11-13H2. The molecule has 0 aliphatic carbocycles. The zero-order valence-electron chi connectivity index (χ0n) is 14.0. The van der Waals surface area contributed by atoms with Crippen molar-refractivity contribution in [1.82, 2.24) is 0 Å². The van der Waals surface area contributed by atoms with Gasteiger partial charge >= 0.3 is 5.97 Å². The number of ether oxygens (including phenoxy) is 1. The lowest BCUT2D eigenvalue weighted by atomic mass is 10.1. The summed E-state index contributed by atoms with van der Waals surface area (Å²) in [5.41, 5.74) is 19.3. The van der Waals surface area contributed by atoms with E-state index in [-0.39, 0.29) is 13.0 Å². The Kier molecular flexibility index (Phi) is 7.55. The van der Waals surface area contributed by atoms with Crippen LogP contribution >= 0.6 is 0 Å². The molecule has 132 valence electrons. The van der Waals surface area contributed by atoms with E-state index in [0.717, 1.165) is 11.1 Å². The molecular weight excluding hydrogens is 332 g/mol. The van der Waals surface area contributed by atoms with Crippen LogP contribution in [0.2, 0.25) is 0 Å². The molecule has 0 saturated heterocycles. The monoisotopic (exact) mass is 350 g/mol. The number of nitrogens with zero attached hydrogens (tertiary/aromatic N) is 6. The summed E-state index contributed by atoms with van der Waals surface area (Å²) in [6.45, 7) is -0.0793. The van der Waals surface area contributed by atoms with Crippen molar-refractivity contribution >= 4 is 5.97 Å². The van der Waals surface area contributed by atoms with Crippen LogP contribution in [0.1, 0.15) is 11.1 Å². The number of hydrogen-bond acceptors (Lipinski definition) is 4. The van der Waals surface area contributed by atoms with E-state index in [0.29, 0.717) is 6.42 Å². The van der Waals surface area contributed by atoms with Gasteiger partial charge in [-0.05, 0) is 35.0 Å². The van der Waals surface area contributed by atoms with E-state index in [1.807, 2.05) is 60.7 Å². The van der Waals surface area contributed by atoms with Gasteiger partial charge in [-0.15, -0.1) is 0 Å². The number of azide groups is 2. The van der Waals surface area contributed by atoms with E-state index in [4.69, 9.17) is 15.8 Å². The molecule has 0 heterocycles. The topological polar surface area (TPSA) is 124 Å². The Labute approximate surface area is 150 Å². The molecule has 26 heavy (non-hydrogen) atoms. The van der Waals surface area contributed by atoms with Crippen molar-refractivity contribution in [3.05, 3.63) is 92.7 Å². The largest absolute Gasteiger partial charge is 0.465 e. The lowest BCUT2D eigenvalue weighted by Crippen LogP contribution is -2.27. The maximum absolute atomic E-state index is 12.3. The Morgan fingerprint density at radius 3 is 1.96 bits per heavy atom. The summed E-state index contributed by atoms with van der Waals surface area (Å²) in [7, 11) is 0. The average Bonchev–Trinajstić information content (AvgIpc) is 2.67. The van der Waals surface area contributed by atoms with Crippen molar-refractivity contribution in [3.63, 3.8) is 0 Å². The molecule has 8 nitrogen and oxygen atoms in total. The number of carbonyl (C=O) groups is 1. The highest BCUT2D eigenvalue weighted by Crippen LogP contribution is 2.11. The molecule has 0 spiro atoms. The lowest BCUT2D eigenvalue weighted by molar-refractivity contribution is -0.145. The van der Waals surface area contributed by atoms with Gasteiger partial charge in [0.1, 0.15) is 12.6 Å². The minimum atomic E-state index is -0.967. The van der Waals surface area contributed by atoms with Crippen LogP contribution in [-0.2, 0) is 22.4 Å². The molecule has 2 aromatic carbocycles. The van der Waals surface area contributed by atoms with Crippen LogP contribution in [0.4, 0.5) is 0 Å². The molecule has 0 aliphatic heterocycles. The van der Waals surface area contributed by atoms with Crippen molar-refractivity contribution in [2.24, 2.45) is 10.2 Å². The van der Waals surface area contributed by atoms with E-state index >= 15 is 0 Å². The van der Waals surface area contributed by atoms with Gasteiger partial charge in [-0.3, -0.25) is 4.79 Å². The molecule has 2 unspecified atom stereocenters. The molecule has 0 radical (unpaired) electrons. The average molecular weight is 350 g/mol. The van der Waals surface area contributed by atoms with Crippen LogP contribution in [0.3, 0.4) is 0 Å². The first-order valence-electron chi connectivity index (χ1n) is 8.06. The van der Waals surface area contributed by atoms with Gasteiger partial charge in [0, 0.05) is 9.82 Å². The van der Waals surface area contributed by atoms with Gasteiger partial charge in [0.05, 0.1) is 6.04 Å². The summed E-state index contributed by atoms with van der Waals surface area (Å²) in [5.74, 6) is -0.641. The van der Waals surface area contributed by atoms with Crippen molar-refractivity contribution in [1.29, 1.82) is 0 Å². The fourth-order valence-corrected chi connectivity index (χ4v) is 2.44. The molecule has 2 aromatic rings. The number of hydrogen-bond donors (Lipinski definition) is 0. The fraction of sp³-hybridized carbons (Fsp3) is 0.278. The van der Waals surface area contributed by atoms with Crippen molar-refractivity contribution in [3.8, 4) is 0 Å². The summed E-state index contributed by atoms with van der Waals surface area (Å²) in [5, 5.41) is 7.21. The van der Waals surface area contributed by atoms with Gasteiger partial charge < -0.3 is 4.74 Å². The number of esters is 1. The molecule has 2 atom stereocenters. The lowest BCUT2D eigenvalue weighted by Gasteiger charge is -2.15. The maximum Gasteiger partial charge on any atom is 0.315 e. The predicted molar refractivity (Wildman–Crippen MR) is 97.1 cm³/mol. The van der Waals surface area contributed by atoms with Crippen LogP contribution in [0, 0.1) is 0 Å². The predicted octanol–water partition coefficient (Wildman–Crippen LogP) is 4.37. The zero-order chi connectivity index (χ0) is 18.6. The Hall–Kier alpha value is -3.47. The maximum atomic E-state index is 12.3. The zero-order valence-corrected chi connectivity index (χ0v) is 14.0. The second-order valence-electron chi connectivity index (χ2n) is 5.59. The van der Waals surface area contributed by atoms with E-state index in [9.17, 15) is 4.79 Å². The molecule has 0 fully saturated rings. The third kappa shape index (κ3) is 6.20. The summed E-state index contributed by atoms with van der Waals surface area (Å²) in [6.07, 6.45) is 0.692. The normalized spacial score (nSPS) is 12.2. The van der Waals surface area contributed by atoms with E-state index in [2.05, 4.69) is 20.1 Å². The van der Waals surface area contributed by atoms with Crippen molar-refractivity contribution in [2.75, 3.05) is 6.61 Å². The van der Waals surface area contributed by atoms with E-state index in [1.165, 1.54) is 0 Å². The van der Waals surface area contributed by atoms with Gasteiger partial charge in [-0.2, -0.15) is 0 Å². The SMILES string of the molecule is [N-]=[N+]=NC(COC(=O)C(Cc1ccccc1)N=[N+]=[N-])Cc1ccccc1. The number of benzene rings is 2. The highest BCUT2D eigenvalue weighted by Gasteiger charge is 2.20. The molecule has 0 aliphatic rings. The molecule has 0 aromatic heterocycles. The van der Waals surface area contributed by atoms with Gasteiger partial charge in [0.2, 0.25) is 0 Å². The minimum absolute atomic E-state index is 0.0793. The van der Waals surface area contributed by atoms with Crippen LogP contribution in [-0.4, -0.2) is 24.7 Å². The van der Waals surface area contributed by atoms with Gasteiger partial charge in [0.15, 0.2) is 0 Å². The highest BCUT2D eigenvalue weighted by molar-refractivity contribution is 5.76. The summed E-state index contributed by atoms with van der Waals surface area (Å²) < 4.78 is 5.25. The molecular formula is C18H18N6O2. The van der Waals surface area contributed by atoms with Crippen molar-refractivity contribution < 1.29 is 9.53 Å². The molecule has 2 rings (SSSR count). The van der Waals surface area contributed by atoms with Crippen LogP contribution < -0.4 is 0 Å². The first kappa shape index (κ1) is 18.9. The smallest absolute Gasteiger partial charge is 0.315 e. The Morgan fingerprint density at radius 1 is 0.885 bits per heavy atom. The first-order chi connectivity index (χ1) is 12.7. The molecule has 0 N–H and O–H groups in total. The van der Waals surface area contributed by atoms with Gasteiger partial charge in [-0.25, -0.2) is 0 Å². The molecule has 0 bridgehead atoms. The van der Waals surface area contributed by atoms with Crippen LogP contribution in [0.5, 0.6) is 0 Å².